The van der Waals surface area contributed by atoms with Crippen molar-refractivity contribution < 1.29 is 14.3 Å². The molecule has 1 N–H and O–H groups in total. The molecule has 196 valence electrons. The van der Waals surface area contributed by atoms with E-state index in [1.165, 1.54) is 0 Å². The summed E-state index contributed by atoms with van der Waals surface area (Å²) in [5.74, 6) is 0.420. The van der Waals surface area contributed by atoms with Crippen molar-refractivity contribution in [3.8, 4) is 5.75 Å². The number of unbranched alkanes of at least 4 members (excludes halogenated alkanes) is 1. The van der Waals surface area contributed by atoms with Crippen LogP contribution >= 0.6 is 23.2 Å². The zero-order valence-electron chi connectivity index (χ0n) is 21.2. The van der Waals surface area contributed by atoms with Crippen LogP contribution in [0.15, 0.2) is 78.9 Å². The van der Waals surface area contributed by atoms with Gasteiger partial charge >= 0.3 is 0 Å². The quantitative estimate of drug-likeness (QED) is 0.231. The van der Waals surface area contributed by atoms with Crippen LogP contribution in [0.1, 0.15) is 43.7 Å². The van der Waals surface area contributed by atoms with E-state index in [1.54, 1.807) is 35.2 Å². The monoisotopic (exact) mass is 540 g/mol. The fourth-order valence-electron chi connectivity index (χ4n) is 3.96. The van der Waals surface area contributed by atoms with Crippen molar-refractivity contribution in [1.29, 1.82) is 0 Å². The van der Waals surface area contributed by atoms with Gasteiger partial charge in [0, 0.05) is 36.0 Å². The van der Waals surface area contributed by atoms with E-state index in [0.717, 1.165) is 24.0 Å². The van der Waals surface area contributed by atoms with Gasteiger partial charge in [0.2, 0.25) is 11.8 Å². The Bertz CT molecular complexity index is 1120. The van der Waals surface area contributed by atoms with E-state index < -0.39 is 6.04 Å². The highest BCUT2D eigenvalue weighted by molar-refractivity contribution is 6.31. The minimum Gasteiger partial charge on any atom is -0.494 e. The normalized spacial score (nSPS) is 11.5. The summed E-state index contributed by atoms with van der Waals surface area (Å²) in [5, 5.41) is 4.24. The lowest BCUT2D eigenvalue weighted by Gasteiger charge is -2.32. The van der Waals surface area contributed by atoms with Crippen LogP contribution in [0.5, 0.6) is 5.75 Å². The molecule has 7 heteroatoms. The average Bonchev–Trinajstić information content (AvgIpc) is 2.91. The van der Waals surface area contributed by atoms with Crippen LogP contribution in [-0.4, -0.2) is 35.9 Å². The van der Waals surface area contributed by atoms with E-state index in [4.69, 9.17) is 27.9 Å². The van der Waals surface area contributed by atoms with E-state index in [2.05, 4.69) is 12.2 Å². The molecule has 2 amide bonds. The number of carbonyl (C=O) groups excluding carboxylic acids is 2. The Balaban J connectivity index is 1.78. The first-order chi connectivity index (χ1) is 18.0. The maximum atomic E-state index is 13.6. The van der Waals surface area contributed by atoms with Crippen molar-refractivity contribution >= 4 is 35.0 Å². The number of benzene rings is 3. The van der Waals surface area contributed by atoms with Gasteiger partial charge in [-0.15, -0.1) is 0 Å². The molecule has 3 aromatic rings. The summed E-state index contributed by atoms with van der Waals surface area (Å²) in [6.07, 6.45) is 3.02. The second-order valence-electron chi connectivity index (χ2n) is 8.87. The van der Waals surface area contributed by atoms with Crippen LogP contribution in [0.2, 0.25) is 10.0 Å². The topological polar surface area (TPSA) is 58.6 Å². The van der Waals surface area contributed by atoms with Crippen molar-refractivity contribution in [3.63, 3.8) is 0 Å². The Labute approximate surface area is 229 Å². The van der Waals surface area contributed by atoms with Crippen molar-refractivity contribution in [1.82, 2.24) is 10.2 Å². The van der Waals surface area contributed by atoms with Crippen LogP contribution in [0.4, 0.5) is 0 Å². The number of nitrogens with zero attached hydrogens (tertiary/aromatic N) is 1. The zero-order valence-corrected chi connectivity index (χ0v) is 22.7. The molecule has 0 unspecified atom stereocenters. The molecular formula is C30H34Cl2N2O3. The fourth-order valence-corrected chi connectivity index (χ4v) is 4.28. The van der Waals surface area contributed by atoms with Crippen molar-refractivity contribution in [2.45, 2.75) is 51.6 Å². The second kappa shape index (κ2) is 15.3. The van der Waals surface area contributed by atoms with Gasteiger partial charge in [-0.2, -0.15) is 0 Å². The number of hydrogen-bond donors (Lipinski definition) is 1. The third-order valence-corrected chi connectivity index (χ3v) is 6.64. The first-order valence-corrected chi connectivity index (χ1v) is 13.5. The van der Waals surface area contributed by atoms with Gasteiger partial charge in [-0.3, -0.25) is 9.59 Å². The molecule has 5 nitrogen and oxygen atoms in total. The summed E-state index contributed by atoms with van der Waals surface area (Å²) in [4.78, 5) is 28.7. The third-order valence-electron chi connectivity index (χ3n) is 6.02. The highest BCUT2D eigenvalue weighted by Crippen LogP contribution is 2.22. The van der Waals surface area contributed by atoms with Crippen LogP contribution < -0.4 is 10.1 Å². The number of nitrogens with one attached hydrogen (secondary N) is 1. The summed E-state index contributed by atoms with van der Waals surface area (Å²) in [7, 11) is 0. The summed E-state index contributed by atoms with van der Waals surface area (Å²) >= 11 is 12.4. The molecule has 0 radical (unpaired) electrons. The number of amides is 2. The van der Waals surface area contributed by atoms with Crippen molar-refractivity contribution in [2.24, 2.45) is 0 Å². The van der Waals surface area contributed by atoms with E-state index in [0.29, 0.717) is 41.8 Å². The average molecular weight is 542 g/mol. The molecule has 0 saturated carbocycles. The SMILES string of the molecule is CCCCNC(=O)[C@@H](Cc1ccccc1)N(Cc1ccccc1Cl)C(=O)CCCOc1ccc(Cl)cc1. The molecule has 0 aromatic heterocycles. The van der Waals surface area contributed by atoms with Gasteiger partial charge in [-0.25, -0.2) is 0 Å². The number of carbonyl (C=O) groups is 2. The first kappa shape index (κ1) is 28.5. The van der Waals surface area contributed by atoms with Crippen LogP contribution in [0, 0.1) is 0 Å². The Morgan fingerprint density at radius 3 is 2.32 bits per heavy atom. The van der Waals surface area contributed by atoms with E-state index in [-0.39, 0.29) is 24.8 Å². The lowest BCUT2D eigenvalue weighted by molar-refractivity contribution is -0.141. The number of hydrogen-bond acceptors (Lipinski definition) is 3. The van der Waals surface area contributed by atoms with E-state index >= 15 is 0 Å². The molecule has 0 aliphatic heterocycles. The Hall–Kier alpha value is -3.02. The molecule has 0 aliphatic carbocycles. The van der Waals surface area contributed by atoms with E-state index in [9.17, 15) is 9.59 Å². The van der Waals surface area contributed by atoms with Gasteiger partial charge in [0.15, 0.2) is 0 Å². The number of ether oxygens (including phenoxy) is 1. The van der Waals surface area contributed by atoms with Gasteiger partial charge in [0.25, 0.3) is 0 Å². The molecule has 1 atom stereocenters. The van der Waals surface area contributed by atoms with Gasteiger partial charge in [-0.05, 0) is 54.3 Å². The highest BCUT2D eigenvalue weighted by atomic mass is 35.5. The van der Waals surface area contributed by atoms with Crippen molar-refractivity contribution in [3.05, 3.63) is 100 Å². The van der Waals surface area contributed by atoms with Crippen LogP contribution in [-0.2, 0) is 22.6 Å². The van der Waals surface area contributed by atoms with Crippen molar-refractivity contribution in [2.75, 3.05) is 13.2 Å². The number of rotatable bonds is 14. The molecule has 3 aromatic carbocycles. The maximum Gasteiger partial charge on any atom is 0.243 e. The minimum atomic E-state index is -0.666. The summed E-state index contributed by atoms with van der Waals surface area (Å²) < 4.78 is 5.77. The Kier molecular flexibility index (Phi) is 11.8. The smallest absolute Gasteiger partial charge is 0.243 e. The highest BCUT2D eigenvalue weighted by Gasteiger charge is 2.30. The minimum absolute atomic E-state index is 0.119. The molecular weight excluding hydrogens is 507 g/mol. The Morgan fingerprint density at radius 2 is 1.62 bits per heavy atom. The standard InChI is InChI=1S/C30H34Cl2N2O3/c1-2-3-19-33-30(36)28(21-23-10-5-4-6-11-23)34(22-24-12-7-8-13-27(24)32)29(35)14-9-20-37-26-17-15-25(31)16-18-26/h4-8,10-13,15-18,28H,2-3,9,14,19-22H2,1H3,(H,33,36)/t28-/m1/s1. The van der Waals surface area contributed by atoms with Gasteiger partial charge in [0.1, 0.15) is 11.8 Å². The Morgan fingerprint density at radius 1 is 0.919 bits per heavy atom. The summed E-state index contributed by atoms with van der Waals surface area (Å²) in [5.41, 5.74) is 1.79. The largest absolute Gasteiger partial charge is 0.494 e. The van der Waals surface area contributed by atoms with E-state index in [1.807, 2.05) is 48.5 Å². The fraction of sp³-hybridized carbons (Fsp3) is 0.333. The first-order valence-electron chi connectivity index (χ1n) is 12.7. The molecule has 37 heavy (non-hydrogen) atoms. The van der Waals surface area contributed by atoms with Crippen LogP contribution in [0.3, 0.4) is 0 Å². The van der Waals surface area contributed by atoms with Crippen LogP contribution in [0.25, 0.3) is 0 Å². The summed E-state index contributed by atoms with van der Waals surface area (Å²) in [6.45, 7) is 3.27. The molecule has 3 rings (SSSR count). The maximum absolute atomic E-state index is 13.6. The predicted molar refractivity (Wildman–Crippen MR) is 150 cm³/mol. The molecule has 0 saturated heterocycles. The molecule has 0 spiro atoms. The third kappa shape index (κ3) is 9.42. The summed E-state index contributed by atoms with van der Waals surface area (Å²) in [6, 6.07) is 23.6. The second-order valence-corrected chi connectivity index (χ2v) is 9.71. The van der Waals surface area contributed by atoms with Gasteiger partial charge < -0.3 is 15.0 Å². The zero-order chi connectivity index (χ0) is 26.5. The molecule has 0 aliphatic rings. The van der Waals surface area contributed by atoms with Gasteiger partial charge in [-0.1, -0.05) is 85.1 Å². The number of halogens is 2. The molecule has 0 heterocycles. The van der Waals surface area contributed by atoms with Gasteiger partial charge in [0.05, 0.1) is 6.61 Å². The molecule has 0 bridgehead atoms. The molecule has 0 fully saturated rings. The predicted octanol–water partition coefficient (Wildman–Crippen LogP) is 6.71. The lowest BCUT2D eigenvalue weighted by atomic mass is 10.0. The lowest BCUT2D eigenvalue weighted by Crippen LogP contribution is -2.50.